The molecule has 0 unspecified atom stereocenters. The van der Waals surface area contributed by atoms with Crippen molar-refractivity contribution < 1.29 is 18.8 Å². The molecule has 1 saturated heterocycles. The van der Waals surface area contributed by atoms with E-state index in [1.165, 1.54) is 24.0 Å². The smallest absolute Gasteiger partial charge is 0.250 e. The van der Waals surface area contributed by atoms with Crippen LogP contribution in [-0.4, -0.2) is 41.2 Å². The first-order chi connectivity index (χ1) is 17.4. The Kier molecular flexibility index (Phi) is 8.39. The number of anilines is 1. The Morgan fingerprint density at radius 2 is 1.69 bits per heavy atom. The Balaban J connectivity index is 1.81. The van der Waals surface area contributed by atoms with Crippen molar-refractivity contribution in [2.45, 2.75) is 83.3 Å². The zero-order valence-electron chi connectivity index (χ0n) is 21.2. The molecule has 36 heavy (non-hydrogen) atoms. The molecule has 1 aliphatic carbocycles. The average Bonchev–Trinajstić information content (AvgIpc) is 2.88. The molecule has 4 rings (SSSR count). The molecule has 2 aliphatic rings. The number of piperidine rings is 1. The van der Waals surface area contributed by atoms with Crippen molar-refractivity contribution in [3.63, 3.8) is 0 Å². The predicted molar refractivity (Wildman–Crippen MR) is 138 cm³/mol. The van der Waals surface area contributed by atoms with Crippen LogP contribution < -0.4 is 10.2 Å². The van der Waals surface area contributed by atoms with Gasteiger partial charge in [0.05, 0.1) is 0 Å². The van der Waals surface area contributed by atoms with E-state index >= 15 is 0 Å². The molecule has 1 aliphatic heterocycles. The number of nitrogens with one attached hydrogen (secondary N) is 1. The standard InChI is InChI=1S/C29H36FN3O3/c1-20-11-6-7-16-25(20)27(28(35)31-23-13-4-3-5-14-23)33(24-15-10-12-22(30)19-24)29(36)26-17-8-9-18-32(26)21(2)34/h6-7,10-12,15-16,19,23,26-27H,3-5,8-9,13-14,17-18H2,1-2H3,(H,31,35)/t26-,27+/m1/s1. The van der Waals surface area contributed by atoms with Crippen molar-refractivity contribution in [3.8, 4) is 0 Å². The van der Waals surface area contributed by atoms with Crippen LogP contribution in [0.25, 0.3) is 0 Å². The summed E-state index contributed by atoms with van der Waals surface area (Å²) in [5.74, 6) is -1.30. The highest BCUT2D eigenvalue weighted by molar-refractivity contribution is 6.05. The zero-order valence-corrected chi connectivity index (χ0v) is 21.2. The molecule has 2 aromatic carbocycles. The molecule has 2 fully saturated rings. The van der Waals surface area contributed by atoms with Crippen LogP contribution in [0.1, 0.15) is 75.5 Å². The van der Waals surface area contributed by atoms with Gasteiger partial charge in [0, 0.05) is 25.2 Å². The lowest BCUT2D eigenvalue weighted by molar-refractivity contribution is -0.140. The molecule has 192 valence electrons. The quantitative estimate of drug-likeness (QED) is 0.612. The molecule has 0 radical (unpaired) electrons. The molecule has 7 heteroatoms. The van der Waals surface area contributed by atoms with Gasteiger partial charge in [0.15, 0.2) is 0 Å². The molecular weight excluding hydrogens is 457 g/mol. The lowest BCUT2D eigenvalue weighted by Crippen LogP contribution is -2.56. The van der Waals surface area contributed by atoms with Gasteiger partial charge < -0.3 is 10.2 Å². The molecule has 1 heterocycles. The number of rotatable bonds is 6. The van der Waals surface area contributed by atoms with E-state index in [9.17, 15) is 18.8 Å². The van der Waals surface area contributed by atoms with Crippen LogP contribution in [0, 0.1) is 12.7 Å². The van der Waals surface area contributed by atoms with Gasteiger partial charge in [-0.05, 0) is 68.4 Å². The van der Waals surface area contributed by atoms with Gasteiger partial charge in [-0.15, -0.1) is 0 Å². The van der Waals surface area contributed by atoms with Crippen LogP contribution in [0.3, 0.4) is 0 Å². The van der Waals surface area contributed by atoms with Gasteiger partial charge in [0.1, 0.15) is 17.9 Å². The fraction of sp³-hybridized carbons (Fsp3) is 0.483. The van der Waals surface area contributed by atoms with Gasteiger partial charge in [-0.1, -0.05) is 49.6 Å². The molecule has 0 spiro atoms. The van der Waals surface area contributed by atoms with Gasteiger partial charge in [0.2, 0.25) is 11.8 Å². The molecule has 0 aromatic heterocycles. The van der Waals surface area contributed by atoms with Crippen molar-refractivity contribution in [3.05, 3.63) is 65.5 Å². The number of halogens is 1. The molecule has 2 aromatic rings. The van der Waals surface area contributed by atoms with Crippen LogP contribution in [0.2, 0.25) is 0 Å². The highest BCUT2D eigenvalue weighted by Crippen LogP contribution is 2.33. The molecular formula is C29H36FN3O3. The van der Waals surface area contributed by atoms with Crippen molar-refractivity contribution in [1.29, 1.82) is 0 Å². The highest BCUT2D eigenvalue weighted by atomic mass is 19.1. The third-order valence-corrected chi connectivity index (χ3v) is 7.46. The Hall–Kier alpha value is -3.22. The largest absolute Gasteiger partial charge is 0.351 e. The molecule has 0 bridgehead atoms. The minimum Gasteiger partial charge on any atom is -0.351 e. The van der Waals surface area contributed by atoms with Gasteiger partial charge in [-0.25, -0.2) is 4.39 Å². The molecule has 2 atom stereocenters. The normalized spacial score (nSPS) is 19.4. The third kappa shape index (κ3) is 5.77. The van der Waals surface area contributed by atoms with Crippen molar-refractivity contribution >= 4 is 23.4 Å². The first-order valence-corrected chi connectivity index (χ1v) is 13.1. The van der Waals surface area contributed by atoms with Crippen molar-refractivity contribution in [1.82, 2.24) is 10.2 Å². The summed E-state index contributed by atoms with van der Waals surface area (Å²) in [6.07, 6.45) is 7.22. The maximum absolute atomic E-state index is 14.5. The van der Waals surface area contributed by atoms with Gasteiger partial charge >= 0.3 is 0 Å². The number of hydrogen-bond donors (Lipinski definition) is 1. The van der Waals surface area contributed by atoms with E-state index in [1.54, 1.807) is 17.0 Å². The van der Waals surface area contributed by atoms with E-state index in [1.807, 2.05) is 31.2 Å². The summed E-state index contributed by atoms with van der Waals surface area (Å²) in [4.78, 5) is 43.7. The summed E-state index contributed by atoms with van der Waals surface area (Å²) in [5.41, 5.74) is 1.86. The average molecular weight is 494 g/mol. The zero-order chi connectivity index (χ0) is 25.7. The van der Waals surface area contributed by atoms with Crippen LogP contribution in [0.4, 0.5) is 10.1 Å². The SMILES string of the molecule is CC(=O)N1CCCC[C@@H]1C(=O)N(c1cccc(F)c1)[C@H](C(=O)NC1CCCCC1)c1ccccc1C. The van der Waals surface area contributed by atoms with Gasteiger partial charge in [-0.3, -0.25) is 19.3 Å². The third-order valence-electron chi connectivity index (χ3n) is 7.46. The highest BCUT2D eigenvalue weighted by Gasteiger charge is 2.41. The minimum atomic E-state index is -0.988. The Labute approximate surface area is 212 Å². The molecule has 1 N–H and O–H groups in total. The lowest BCUT2D eigenvalue weighted by atomic mass is 9.93. The topological polar surface area (TPSA) is 69.7 Å². The number of benzene rings is 2. The Bertz CT molecular complexity index is 1100. The second-order valence-corrected chi connectivity index (χ2v) is 10.0. The van der Waals surface area contributed by atoms with Gasteiger partial charge in [-0.2, -0.15) is 0 Å². The number of aryl methyl sites for hydroxylation is 1. The van der Waals surface area contributed by atoms with Crippen molar-refractivity contribution in [2.24, 2.45) is 0 Å². The predicted octanol–water partition coefficient (Wildman–Crippen LogP) is 5.06. The van der Waals surface area contributed by atoms with E-state index < -0.39 is 17.9 Å². The summed E-state index contributed by atoms with van der Waals surface area (Å²) >= 11 is 0. The van der Waals surface area contributed by atoms with E-state index in [-0.39, 0.29) is 23.8 Å². The monoisotopic (exact) mass is 493 g/mol. The molecule has 6 nitrogen and oxygen atoms in total. The number of nitrogens with zero attached hydrogens (tertiary/aromatic N) is 2. The first-order valence-electron chi connectivity index (χ1n) is 13.1. The van der Waals surface area contributed by atoms with E-state index in [2.05, 4.69) is 5.32 Å². The Morgan fingerprint density at radius 1 is 0.972 bits per heavy atom. The van der Waals surface area contributed by atoms with Crippen LogP contribution in [0.5, 0.6) is 0 Å². The molecule has 1 saturated carbocycles. The van der Waals surface area contributed by atoms with Crippen LogP contribution >= 0.6 is 0 Å². The maximum Gasteiger partial charge on any atom is 0.250 e. The number of carbonyl (C=O) groups excluding carboxylic acids is 3. The summed E-state index contributed by atoms with van der Waals surface area (Å²) in [7, 11) is 0. The summed E-state index contributed by atoms with van der Waals surface area (Å²) in [5, 5.41) is 3.19. The van der Waals surface area contributed by atoms with Crippen LogP contribution in [0.15, 0.2) is 48.5 Å². The van der Waals surface area contributed by atoms with E-state index in [0.717, 1.165) is 50.5 Å². The Morgan fingerprint density at radius 3 is 2.39 bits per heavy atom. The van der Waals surface area contributed by atoms with Crippen LogP contribution in [-0.2, 0) is 14.4 Å². The number of amides is 3. The van der Waals surface area contributed by atoms with Crippen molar-refractivity contribution in [2.75, 3.05) is 11.4 Å². The van der Waals surface area contributed by atoms with E-state index in [0.29, 0.717) is 24.2 Å². The number of likely N-dealkylation sites (tertiary alicyclic amines) is 1. The second kappa shape index (κ2) is 11.7. The maximum atomic E-state index is 14.5. The number of hydrogen-bond acceptors (Lipinski definition) is 3. The van der Waals surface area contributed by atoms with E-state index in [4.69, 9.17) is 0 Å². The minimum absolute atomic E-state index is 0.0469. The first kappa shape index (κ1) is 25.9. The lowest BCUT2D eigenvalue weighted by Gasteiger charge is -2.40. The summed E-state index contributed by atoms with van der Waals surface area (Å²) in [6, 6.07) is 11.7. The fourth-order valence-corrected chi connectivity index (χ4v) is 5.57. The number of carbonyl (C=O) groups is 3. The second-order valence-electron chi connectivity index (χ2n) is 10.0. The van der Waals surface area contributed by atoms with Gasteiger partial charge in [0.25, 0.3) is 5.91 Å². The summed E-state index contributed by atoms with van der Waals surface area (Å²) < 4.78 is 14.5. The summed E-state index contributed by atoms with van der Waals surface area (Å²) in [6.45, 7) is 3.87. The fourth-order valence-electron chi connectivity index (χ4n) is 5.57. The molecule has 3 amide bonds.